The molecule has 0 unspecified atom stereocenters. The van der Waals surface area contributed by atoms with Gasteiger partial charge in [-0.05, 0) is 30.5 Å². The SMILES string of the molecule is C=CCCc1cc(OCc2ccncc2)n2nccc2n1. The summed E-state index contributed by atoms with van der Waals surface area (Å²) in [7, 11) is 0. The van der Waals surface area contributed by atoms with Crippen LogP contribution in [0.3, 0.4) is 0 Å². The van der Waals surface area contributed by atoms with Crippen molar-refractivity contribution in [3.8, 4) is 5.88 Å². The summed E-state index contributed by atoms with van der Waals surface area (Å²) in [4.78, 5) is 8.55. The van der Waals surface area contributed by atoms with Gasteiger partial charge in [-0.15, -0.1) is 6.58 Å². The van der Waals surface area contributed by atoms with Gasteiger partial charge < -0.3 is 4.74 Å². The van der Waals surface area contributed by atoms with Crippen LogP contribution in [0.2, 0.25) is 0 Å². The van der Waals surface area contributed by atoms with Gasteiger partial charge in [0, 0.05) is 30.2 Å². The van der Waals surface area contributed by atoms with Crippen molar-refractivity contribution >= 4 is 5.65 Å². The van der Waals surface area contributed by atoms with Crippen molar-refractivity contribution in [1.29, 1.82) is 0 Å². The van der Waals surface area contributed by atoms with Gasteiger partial charge in [0.25, 0.3) is 0 Å². The first-order valence-corrected chi connectivity index (χ1v) is 6.83. The number of rotatable bonds is 6. The number of allylic oxidation sites excluding steroid dienone is 1. The molecule has 21 heavy (non-hydrogen) atoms. The van der Waals surface area contributed by atoms with Gasteiger partial charge in [0.05, 0.1) is 6.20 Å². The van der Waals surface area contributed by atoms with Crippen molar-refractivity contribution in [2.24, 2.45) is 0 Å². The third-order valence-electron chi connectivity index (χ3n) is 3.12. The molecule has 0 radical (unpaired) electrons. The lowest BCUT2D eigenvalue weighted by atomic mass is 10.2. The van der Waals surface area contributed by atoms with E-state index in [1.54, 1.807) is 23.1 Å². The van der Waals surface area contributed by atoms with E-state index in [1.165, 1.54) is 0 Å². The van der Waals surface area contributed by atoms with Crippen LogP contribution in [0.4, 0.5) is 0 Å². The summed E-state index contributed by atoms with van der Waals surface area (Å²) in [5, 5.41) is 4.25. The Balaban J connectivity index is 1.85. The summed E-state index contributed by atoms with van der Waals surface area (Å²) in [5.74, 6) is 0.695. The Hall–Kier alpha value is -2.69. The molecule has 0 aliphatic carbocycles. The van der Waals surface area contributed by atoms with Crippen LogP contribution in [0.25, 0.3) is 5.65 Å². The van der Waals surface area contributed by atoms with Crippen molar-refractivity contribution in [2.45, 2.75) is 19.4 Å². The molecule has 3 aromatic rings. The molecule has 0 aliphatic rings. The van der Waals surface area contributed by atoms with Crippen LogP contribution in [-0.4, -0.2) is 19.6 Å². The van der Waals surface area contributed by atoms with Gasteiger partial charge in [-0.3, -0.25) is 4.98 Å². The van der Waals surface area contributed by atoms with Crippen LogP contribution in [0, 0.1) is 0 Å². The summed E-state index contributed by atoms with van der Waals surface area (Å²) >= 11 is 0. The van der Waals surface area contributed by atoms with E-state index in [1.807, 2.05) is 30.3 Å². The molecule has 3 rings (SSSR count). The first kappa shape index (κ1) is 13.3. The molecule has 0 atom stereocenters. The molecule has 0 N–H and O–H groups in total. The largest absolute Gasteiger partial charge is 0.473 e. The lowest BCUT2D eigenvalue weighted by Crippen LogP contribution is -2.04. The summed E-state index contributed by atoms with van der Waals surface area (Å²) < 4.78 is 7.60. The fourth-order valence-corrected chi connectivity index (χ4v) is 2.05. The minimum atomic E-state index is 0.475. The first-order chi connectivity index (χ1) is 10.4. The smallest absolute Gasteiger partial charge is 0.218 e. The Labute approximate surface area is 122 Å². The highest BCUT2D eigenvalue weighted by Gasteiger charge is 2.07. The summed E-state index contributed by atoms with van der Waals surface area (Å²) in [6.45, 7) is 4.22. The summed E-state index contributed by atoms with van der Waals surface area (Å²) in [5.41, 5.74) is 2.84. The highest BCUT2D eigenvalue weighted by Crippen LogP contribution is 2.17. The van der Waals surface area contributed by atoms with Crippen molar-refractivity contribution in [3.05, 3.63) is 66.8 Å². The topological polar surface area (TPSA) is 52.3 Å². The average Bonchev–Trinajstić information content (AvgIpc) is 3.00. The molecular formula is C16H16N4O. The minimum Gasteiger partial charge on any atom is -0.473 e. The molecule has 106 valence electrons. The maximum atomic E-state index is 5.89. The Morgan fingerprint density at radius 2 is 2.05 bits per heavy atom. The van der Waals surface area contributed by atoms with Crippen LogP contribution in [0.5, 0.6) is 5.88 Å². The average molecular weight is 280 g/mol. The molecule has 0 bridgehead atoms. The number of fused-ring (bicyclic) bond motifs is 1. The summed E-state index contributed by atoms with van der Waals surface area (Å²) in [6, 6.07) is 7.67. The first-order valence-electron chi connectivity index (χ1n) is 6.83. The van der Waals surface area contributed by atoms with Gasteiger partial charge in [0.2, 0.25) is 5.88 Å². The van der Waals surface area contributed by atoms with Crippen molar-refractivity contribution < 1.29 is 4.74 Å². The fourth-order valence-electron chi connectivity index (χ4n) is 2.05. The van der Waals surface area contributed by atoms with E-state index in [4.69, 9.17) is 4.74 Å². The highest BCUT2D eigenvalue weighted by atomic mass is 16.5. The normalized spacial score (nSPS) is 10.7. The Morgan fingerprint density at radius 3 is 2.86 bits per heavy atom. The second-order valence-electron chi connectivity index (χ2n) is 4.66. The second kappa shape index (κ2) is 6.17. The molecule has 0 aromatic carbocycles. The quantitative estimate of drug-likeness (QED) is 0.651. The molecule has 5 heteroatoms. The molecule has 3 heterocycles. The predicted molar refractivity (Wildman–Crippen MR) is 80.1 cm³/mol. The van der Waals surface area contributed by atoms with E-state index in [0.29, 0.717) is 12.5 Å². The van der Waals surface area contributed by atoms with Crippen LogP contribution < -0.4 is 4.74 Å². The Morgan fingerprint density at radius 1 is 1.19 bits per heavy atom. The molecule has 0 spiro atoms. The van der Waals surface area contributed by atoms with E-state index in [2.05, 4.69) is 21.6 Å². The summed E-state index contributed by atoms with van der Waals surface area (Å²) in [6.07, 6.45) is 8.85. The minimum absolute atomic E-state index is 0.475. The number of nitrogens with zero attached hydrogens (tertiary/aromatic N) is 4. The number of pyridine rings is 1. The molecule has 0 saturated heterocycles. The monoisotopic (exact) mass is 280 g/mol. The molecule has 0 fully saturated rings. The number of aryl methyl sites for hydroxylation is 1. The van der Waals surface area contributed by atoms with Gasteiger partial charge in [0.15, 0.2) is 5.65 Å². The Bertz CT molecular complexity index is 736. The third kappa shape index (κ3) is 3.08. The number of ether oxygens (including phenoxy) is 1. The van der Waals surface area contributed by atoms with Crippen LogP contribution in [0.15, 0.2) is 55.5 Å². The van der Waals surface area contributed by atoms with E-state index < -0.39 is 0 Å². The van der Waals surface area contributed by atoms with E-state index in [9.17, 15) is 0 Å². The maximum Gasteiger partial charge on any atom is 0.218 e. The van der Waals surface area contributed by atoms with Gasteiger partial charge in [0.1, 0.15) is 6.61 Å². The number of aromatic nitrogens is 4. The standard InChI is InChI=1S/C16H16N4O/c1-2-3-4-14-11-16(20-15(19-14)7-10-18-20)21-12-13-5-8-17-9-6-13/h2,5-11H,1,3-4,12H2. The number of hydrogen-bond donors (Lipinski definition) is 0. The van der Waals surface area contributed by atoms with E-state index in [-0.39, 0.29) is 0 Å². The molecular weight excluding hydrogens is 264 g/mol. The van der Waals surface area contributed by atoms with Crippen molar-refractivity contribution in [3.63, 3.8) is 0 Å². The van der Waals surface area contributed by atoms with Crippen LogP contribution in [-0.2, 0) is 13.0 Å². The molecule has 0 aliphatic heterocycles. The third-order valence-corrected chi connectivity index (χ3v) is 3.12. The van der Waals surface area contributed by atoms with Crippen molar-refractivity contribution in [2.75, 3.05) is 0 Å². The Kier molecular flexibility index (Phi) is 3.91. The van der Waals surface area contributed by atoms with Crippen LogP contribution in [0.1, 0.15) is 17.7 Å². The van der Waals surface area contributed by atoms with Gasteiger partial charge >= 0.3 is 0 Å². The van der Waals surface area contributed by atoms with Crippen molar-refractivity contribution in [1.82, 2.24) is 19.6 Å². The zero-order chi connectivity index (χ0) is 14.5. The zero-order valence-corrected chi connectivity index (χ0v) is 11.6. The number of hydrogen-bond acceptors (Lipinski definition) is 4. The van der Waals surface area contributed by atoms with E-state index in [0.717, 1.165) is 29.7 Å². The van der Waals surface area contributed by atoms with E-state index >= 15 is 0 Å². The maximum absolute atomic E-state index is 5.89. The van der Waals surface area contributed by atoms with Gasteiger partial charge in [-0.25, -0.2) is 4.98 Å². The lowest BCUT2D eigenvalue weighted by molar-refractivity contribution is 0.285. The fraction of sp³-hybridized carbons (Fsp3) is 0.188. The molecule has 0 amide bonds. The van der Waals surface area contributed by atoms with Gasteiger partial charge in [-0.2, -0.15) is 9.61 Å². The zero-order valence-electron chi connectivity index (χ0n) is 11.6. The van der Waals surface area contributed by atoms with Crippen LogP contribution >= 0.6 is 0 Å². The molecule has 0 saturated carbocycles. The molecule has 5 nitrogen and oxygen atoms in total. The highest BCUT2D eigenvalue weighted by molar-refractivity contribution is 5.41. The lowest BCUT2D eigenvalue weighted by Gasteiger charge is -2.09. The predicted octanol–water partition coefficient (Wildman–Crippen LogP) is 2.82. The molecule has 3 aromatic heterocycles. The second-order valence-corrected chi connectivity index (χ2v) is 4.66. The van der Waals surface area contributed by atoms with Gasteiger partial charge in [-0.1, -0.05) is 6.08 Å².